The number of morpholine rings is 1. The Hall–Kier alpha value is -0.580. The average Bonchev–Trinajstić information content (AvgIpc) is 2.30. The first-order valence-electron chi connectivity index (χ1n) is 5.77. The van der Waals surface area contributed by atoms with Crippen molar-refractivity contribution in [3.05, 3.63) is 33.3 Å². The van der Waals surface area contributed by atoms with Gasteiger partial charge in [-0.05, 0) is 48.0 Å². The van der Waals surface area contributed by atoms with Crippen LogP contribution >= 0.6 is 27.5 Å². The first-order chi connectivity index (χ1) is 8.39. The smallest absolute Gasteiger partial charge is 0.254 e. The summed E-state index contributed by atoms with van der Waals surface area (Å²) >= 11 is 9.33. The van der Waals surface area contributed by atoms with Crippen LogP contribution in [0.3, 0.4) is 0 Å². The molecule has 0 saturated carbocycles. The lowest BCUT2D eigenvalue weighted by molar-refractivity contribution is -0.0764. The predicted molar refractivity (Wildman–Crippen MR) is 75.1 cm³/mol. The highest BCUT2D eigenvalue weighted by Gasteiger charge is 2.30. The molecule has 1 aromatic carbocycles. The van der Waals surface area contributed by atoms with Crippen LogP contribution < -0.4 is 0 Å². The highest BCUT2D eigenvalue weighted by Crippen LogP contribution is 2.25. The van der Waals surface area contributed by atoms with Crippen molar-refractivity contribution in [2.45, 2.75) is 19.4 Å². The minimum atomic E-state index is -0.285. The summed E-state index contributed by atoms with van der Waals surface area (Å²) in [4.78, 5) is 14.2. The number of carbonyl (C=O) groups is 1. The van der Waals surface area contributed by atoms with E-state index in [1.807, 2.05) is 18.7 Å². The summed E-state index contributed by atoms with van der Waals surface area (Å²) in [5.74, 6) is 0.000718. The number of halogens is 2. The van der Waals surface area contributed by atoms with Gasteiger partial charge in [0.15, 0.2) is 0 Å². The molecule has 2 rings (SSSR count). The van der Waals surface area contributed by atoms with Gasteiger partial charge < -0.3 is 9.64 Å². The van der Waals surface area contributed by atoms with Crippen LogP contribution in [0.1, 0.15) is 24.2 Å². The molecule has 98 valence electrons. The maximum Gasteiger partial charge on any atom is 0.254 e. The Balaban J connectivity index is 2.18. The fraction of sp³-hybridized carbons (Fsp3) is 0.462. The molecule has 1 aliphatic heterocycles. The molecule has 1 aromatic rings. The van der Waals surface area contributed by atoms with Crippen LogP contribution in [0.15, 0.2) is 22.7 Å². The molecule has 5 heteroatoms. The summed E-state index contributed by atoms with van der Waals surface area (Å²) in [6, 6.07) is 5.26. The molecule has 0 radical (unpaired) electrons. The van der Waals surface area contributed by atoms with Crippen LogP contribution in [0.2, 0.25) is 5.02 Å². The van der Waals surface area contributed by atoms with Gasteiger partial charge in [-0.2, -0.15) is 0 Å². The van der Waals surface area contributed by atoms with Crippen molar-refractivity contribution in [2.75, 3.05) is 19.7 Å². The lowest BCUT2D eigenvalue weighted by Gasteiger charge is -2.38. The summed E-state index contributed by atoms with van der Waals surface area (Å²) in [6.07, 6.45) is 0. The third-order valence-electron chi connectivity index (χ3n) is 2.88. The highest BCUT2D eigenvalue weighted by atomic mass is 79.9. The Kier molecular flexibility index (Phi) is 3.99. The summed E-state index contributed by atoms with van der Waals surface area (Å²) in [5, 5.41) is 0.549. The maximum atomic E-state index is 12.3. The number of rotatable bonds is 1. The van der Waals surface area contributed by atoms with E-state index >= 15 is 0 Å². The van der Waals surface area contributed by atoms with Crippen molar-refractivity contribution in [3.63, 3.8) is 0 Å². The third-order valence-corrected chi connectivity index (χ3v) is 4.11. The topological polar surface area (TPSA) is 29.5 Å². The Morgan fingerprint density at radius 3 is 2.83 bits per heavy atom. The summed E-state index contributed by atoms with van der Waals surface area (Å²) in [6.45, 7) is 5.76. The van der Waals surface area contributed by atoms with Crippen molar-refractivity contribution >= 4 is 33.4 Å². The Bertz CT molecular complexity index is 476. The Morgan fingerprint density at radius 1 is 1.50 bits per heavy atom. The molecule has 1 fully saturated rings. The van der Waals surface area contributed by atoms with E-state index < -0.39 is 0 Å². The summed E-state index contributed by atoms with van der Waals surface area (Å²) in [7, 11) is 0. The molecule has 0 N–H and O–H groups in total. The first-order valence-corrected chi connectivity index (χ1v) is 6.94. The second-order valence-electron chi connectivity index (χ2n) is 4.96. The van der Waals surface area contributed by atoms with Crippen LogP contribution in [0, 0.1) is 0 Å². The number of amides is 1. The third kappa shape index (κ3) is 3.05. The molecule has 18 heavy (non-hydrogen) atoms. The quantitative estimate of drug-likeness (QED) is 0.789. The molecule has 0 aliphatic carbocycles. The minimum Gasteiger partial charge on any atom is -0.372 e. The Labute approximate surface area is 120 Å². The molecule has 0 bridgehead atoms. The van der Waals surface area contributed by atoms with Crippen molar-refractivity contribution in [2.24, 2.45) is 0 Å². The molecular formula is C13H15BrClNO2. The van der Waals surface area contributed by atoms with Gasteiger partial charge in [-0.25, -0.2) is 0 Å². The predicted octanol–water partition coefficient (Wildman–Crippen LogP) is 3.35. The van der Waals surface area contributed by atoms with Crippen molar-refractivity contribution < 1.29 is 9.53 Å². The molecule has 0 spiro atoms. The summed E-state index contributed by atoms with van der Waals surface area (Å²) < 4.78 is 6.39. The van der Waals surface area contributed by atoms with Crippen molar-refractivity contribution in [3.8, 4) is 0 Å². The van der Waals surface area contributed by atoms with E-state index in [1.54, 1.807) is 18.2 Å². The molecule has 1 saturated heterocycles. The van der Waals surface area contributed by atoms with Crippen molar-refractivity contribution in [1.82, 2.24) is 4.90 Å². The van der Waals surface area contributed by atoms with E-state index in [0.717, 1.165) is 4.47 Å². The fourth-order valence-electron chi connectivity index (χ4n) is 2.00. The number of ether oxygens (including phenoxy) is 1. The molecule has 0 unspecified atom stereocenters. The fourth-order valence-corrected chi connectivity index (χ4v) is 2.43. The molecule has 1 aliphatic rings. The molecule has 1 heterocycles. The van der Waals surface area contributed by atoms with E-state index in [9.17, 15) is 4.79 Å². The molecule has 3 nitrogen and oxygen atoms in total. The van der Waals surface area contributed by atoms with E-state index in [2.05, 4.69) is 15.9 Å². The molecule has 0 atom stereocenters. The zero-order valence-corrected chi connectivity index (χ0v) is 12.7. The first kappa shape index (κ1) is 13.8. The van der Waals surface area contributed by atoms with Gasteiger partial charge in [0, 0.05) is 23.1 Å². The second-order valence-corrected chi connectivity index (χ2v) is 6.23. The van der Waals surface area contributed by atoms with E-state index in [0.29, 0.717) is 30.3 Å². The van der Waals surface area contributed by atoms with Gasteiger partial charge in [0.1, 0.15) is 0 Å². The number of hydrogen-bond donors (Lipinski definition) is 0. The minimum absolute atomic E-state index is 0.000718. The van der Waals surface area contributed by atoms with Crippen LogP contribution in [0.25, 0.3) is 0 Å². The molecule has 1 amide bonds. The monoisotopic (exact) mass is 331 g/mol. The van der Waals surface area contributed by atoms with E-state index in [1.165, 1.54) is 0 Å². The van der Waals surface area contributed by atoms with Gasteiger partial charge in [0.25, 0.3) is 5.91 Å². The van der Waals surface area contributed by atoms with Gasteiger partial charge in [0.2, 0.25) is 0 Å². The number of hydrogen-bond acceptors (Lipinski definition) is 2. The van der Waals surface area contributed by atoms with Crippen LogP contribution in [0.4, 0.5) is 0 Å². The second kappa shape index (κ2) is 5.19. The highest BCUT2D eigenvalue weighted by molar-refractivity contribution is 9.10. The standard InChI is InChI=1S/C13H15BrClNO2/c1-13(2)8-16(5-6-18-13)12(17)9-3-4-10(14)11(15)7-9/h3-4,7H,5-6,8H2,1-2H3. The van der Waals surface area contributed by atoms with Crippen LogP contribution in [-0.4, -0.2) is 36.1 Å². The van der Waals surface area contributed by atoms with E-state index in [-0.39, 0.29) is 11.5 Å². The number of benzene rings is 1. The largest absolute Gasteiger partial charge is 0.372 e. The van der Waals surface area contributed by atoms with Gasteiger partial charge in [-0.3, -0.25) is 4.79 Å². The zero-order chi connectivity index (χ0) is 13.3. The molecule has 0 aromatic heterocycles. The SMILES string of the molecule is CC1(C)CN(C(=O)c2ccc(Br)c(Cl)c2)CCO1. The van der Waals surface area contributed by atoms with Gasteiger partial charge in [-0.15, -0.1) is 0 Å². The average molecular weight is 333 g/mol. The van der Waals surface area contributed by atoms with Crippen LogP contribution in [-0.2, 0) is 4.74 Å². The van der Waals surface area contributed by atoms with Gasteiger partial charge >= 0.3 is 0 Å². The van der Waals surface area contributed by atoms with Gasteiger partial charge in [0.05, 0.1) is 17.2 Å². The Morgan fingerprint density at radius 2 is 2.22 bits per heavy atom. The number of carbonyl (C=O) groups excluding carboxylic acids is 1. The zero-order valence-electron chi connectivity index (χ0n) is 10.4. The lowest BCUT2D eigenvalue weighted by atomic mass is 10.1. The lowest BCUT2D eigenvalue weighted by Crippen LogP contribution is -2.50. The summed E-state index contributed by atoms with van der Waals surface area (Å²) in [5.41, 5.74) is 0.327. The normalized spacial score (nSPS) is 18.8. The number of nitrogens with zero attached hydrogens (tertiary/aromatic N) is 1. The van der Waals surface area contributed by atoms with Crippen LogP contribution in [0.5, 0.6) is 0 Å². The van der Waals surface area contributed by atoms with Crippen molar-refractivity contribution in [1.29, 1.82) is 0 Å². The van der Waals surface area contributed by atoms with Gasteiger partial charge in [-0.1, -0.05) is 11.6 Å². The van der Waals surface area contributed by atoms with E-state index in [4.69, 9.17) is 16.3 Å². The molecular weight excluding hydrogens is 318 g/mol. The maximum absolute atomic E-state index is 12.3.